The molecule has 0 radical (unpaired) electrons. The summed E-state index contributed by atoms with van der Waals surface area (Å²) in [6.45, 7) is 2.11. The molecule has 0 spiro atoms. The van der Waals surface area contributed by atoms with Gasteiger partial charge in [0.25, 0.3) is 0 Å². The number of phenols is 1. The molecule has 1 aromatic carbocycles. The molecule has 0 unspecified atom stereocenters. The van der Waals surface area contributed by atoms with Gasteiger partial charge in [-0.1, -0.05) is 0 Å². The van der Waals surface area contributed by atoms with Gasteiger partial charge in [0, 0.05) is 21.7 Å². The van der Waals surface area contributed by atoms with E-state index in [0.29, 0.717) is 12.2 Å². The summed E-state index contributed by atoms with van der Waals surface area (Å²) in [4.78, 5) is 11.1. The Hall–Kier alpha value is -0.796. The fourth-order valence-corrected chi connectivity index (χ4v) is 0.812. The van der Waals surface area contributed by atoms with Crippen LogP contribution in [0.5, 0.6) is 5.75 Å². The molecule has 0 aliphatic heterocycles. The van der Waals surface area contributed by atoms with Crippen molar-refractivity contribution >= 4 is 5.97 Å². The molecule has 3 nitrogen and oxygen atoms in total. The predicted octanol–water partition coefficient (Wildman–Crippen LogP) is 1.57. The van der Waals surface area contributed by atoms with Crippen LogP contribution in [0, 0.1) is 0 Å². The van der Waals surface area contributed by atoms with Crippen molar-refractivity contribution in [2.75, 3.05) is 6.61 Å². The quantitative estimate of drug-likeness (QED) is 0.600. The summed E-state index contributed by atoms with van der Waals surface area (Å²) in [5.74, 6) is -0.222. The van der Waals surface area contributed by atoms with Gasteiger partial charge in [0.1, 0.15) is 5.75 Å². The normalized spacial score (nSPS) is 8.69. The van der Waals surface area contributed by atoms with Crippen LogP contribution >= 0.6 is 0 Å². The van der Waals surface area contributed by atoms with Gasteiger partial charge < -0.3 is 9.84 Å². The number of phenolic OH excluding ortho intramolecular Hbond substituents is 1. The summed E-state index contributed by atoms with van der Waals surface area (Å²) in [7, 11) is 0. The molecule has 0 bridgehead atoms. The van der Waals surface area contributed by atoms with Gasteiger partial charge in [0.15, 0.2) is 0 Å². The molecule has 0 heterocycles. The fraction of sp³-hybridized carbons (Fsp3) is 0.222. The third-order valence-electron chi connectivity index (χ3n) is 1.38. The Kier molecular flexibility index (Phi) is 5.43. The van der Waals surface area contributed by atoms with Gasteiger partial charge >= 0.3 is 5.97 Å². The van der Waals surface area contributed by atoms with Crippen LogP contribution in [-0.4, -0.2) is 17.7 Å². The van der Waals surface area contributed by atoms with E-state index in [1.54, 1.807) is 6.92 Å². The number of rotatable bonds is 2. The molecule has 0 atom stereocenters. The van der Waals surface area contributed by atoms with Crippen molar-refractivity contribution in [2.24, 2.45) is 0 Å². The molecule has 0 saturated heterocycles. The maximum absolute atomic E-state index is 11.1. The maximum atomic E-state index is 11.1. The average molecular weight is 214 g/mol. The third kappa shape index (κ3) is 3.61. The van der Waals surface area contributed by atoms with Gasteiger partial charge in [-0.05, 0) is 31.2 Å². The number of carbonyl (C=O) groups is 1. The van der Waals surface area contributed by atoms with Crippen LogP contribution in [0.25, 0.3) is 0 Å². The van der Waals surface area contributed by atoms with Crippen LogP contribution in [0.15, 0.2) is 24.3 Å². The Morgan fingerprint density at radius 2 is 1.92 bits per heavy atom. The summed E-state index contributed by atoms with van der Waals surface area (Å²) in [6.07, 6.45) is 0. The Bertz CT molecular complexity index is 269. The van der Waals surface area contributed by atoms with Crippen LogP contribution < -0.4 is 0 Å². The van der Waals surface area contributed by atoms with E-state index in [2.05, 4.69) is 0 Å². The van der Waals surface area contributed by atoms with Crippen molar-refractivity contribution in [3.05, 3.63) is 29.8 Å². The molecule has 0 aromatic heterocycles. The minimum Gasteiger partial charge on any atom is -0.508 e. The van der Waals surface area contributed by atoms with E-state index in [0.717, 1.165) is 0 Å². The number of hydrogen-bond donors (Lipinski definition) is 1. The first-order valence-electron chi connectivity index (χ1n) is 3.70. The summed E-state index contributed by atoms with van der Waals surface area (Å²) < 4.78 is 4.75. The smallest absolute Gasteiger partial charge is 0.338 e. The number of hydrogen-bond acceptors (Lipinski definition) is 3. The Morgan fingerprint density at radius 3 is 2.38 bits per heavy atom. The maximum Gasteiger partial charge on any atom is 0.338 e. The van der Waals surface area contributed by atoms with Gasteiger partial charge in [-0.25, -0.2) is 4.79 Å². The number of carbonyl (C=O) groups excluding carboxylic acids is 1. The first kappa shape index (κ1) is 12.2. The largest absolute Gasteiger partial charge is 0.508 e. The van der Waals surface area contributed by atoms with E-state index in [9.17, 15) is 4.79 Å². The zero-order valence-corrected chi connectivity index (χ0v) is 8.84. The van der Waals surface area contributed by atoms with Gasteiger partial charge in [-0.15, -0.1) is 0 Å². The number of aromatic hydroxyl groups is 1. The number of ether oxygens (including phenoxy) is 1. The van der Waals surface area contributed by atoms with Crippen LogP contribution in [0.3, 0.4) is 0 Å². The SMILES string of the molecule is CCOC(=O)c1ccc(O)cc1.[Ti]. The van der Waals surface area contributed by atoms with Crippen molar-refractivity contribution in [1.82, 2.24) is 0 Å². The first-order valence-corrected chi connectivity index (χ1v) is 3.70. The molecule has 13 heavy (non-hydrogen) atoms. The van der Waals surface area contributed by atoms with Gasteiger partial charge in [0.05, 0.1) is 12.2 Å². The number of esters is 1. The van der Waals surface area contributed by atoms with Crippen molar-refractivity contribution in [1.29, 1.82) is 0 Å². The summed E-state index contributed by atoms with van der Waals surface area (Å²) in [6, 6.07) is 5.94. The van der Waals surface area contributed by atoms with Gasteiger partial charge in [-0.3, -0.25) is 0 Å². The second-order valence-corrected chi connectivity index (χ2v) is 2.27. The van der Waals surface area contributed by atoms with E-state index in [4.69, 9.17) is 9.84 Å². The zero-order chi connectivity index (χ0) is 8.97. The predicted molar refractivity (Wildman–Crippen MR) is 44.1 cm³/mol. The summed E-state index contributed by atoms with van der Waals surface area (Å²) in [5, 5.41) is 8.92. The molecule has 0 fully saturated rings. The van der Waals surface area contributed by atoms with Crippen LogP contribution in [0.2, 0.25) is 0 Å². The molecule has 1 aromatic rings. The Morgan fingerprint density at radius 1 is 1.38 bits per heavy atom. The minimum absolute atomic E-state index is 0. The molecular formula is C9H10O3Ti. The summed E-state index contributed by atoms with van der Waals surface area (Å²) in [5.41, 5.74) is 0.453. The molecule has 0 saturated carbocycles. The second-order valence-electron chi connectivity index (χ2n) is 2.27. The van der Waals surface area contributed by atoms with E-state index in [1.165, 1.54) is 24.3 Å². The van der Waals surface area contributed by atoms with Crippen molar-refractivity contribution < 1.29 is 36.4 Å². The Balaban J connectivity index is 0.00000144. The topological polar surface area (TPSA) is 46.5 Å². The molecule has 0 amide bonds. The van der Waals surface area contributed by atoms with E-state index in [1.807, 2.05) is 0 Å². The number of benzene rings is 1. The fourth-order valence-electron chi connectivity index (χ4n) is 0.812. The third-order valence-corrected chi connectivity index (χ3v) is 1.38. The standard InChI is InChI=1S/C9H10O3.Ti/c1-2-12-9(11)7-3-5-8(10)6-4-7;/h3-6,10H,2H2,1H3;. The molecule has 0 aliphatic rings. The zero-order valence-electron chi connectivity index (χ0n) is 7.28. The monoisotopic (exact) mass is 214 g/mol. The van der Waals surface area contributed by atoms with E-state index >= 15 is 0 Å². The molecule has 1 N–H and O–H groups in total. The van der Waals surface area contributed by atoms with Gasteiger partial charge in [0.2, 0.25) is 0 Å². The van der Waals surface area contributed by atoms with Gasteiger partial charge in [-0.2, -0.15) is 0 Å². The van der Waals surface area contributed by atoms with Crippen molar-refractivity contribution in [3.8, 4) is 5.75 Å². The van der Waals surface area contributed by atoms with E-state index in [-0.39, 0.29) is 33.4 Å². The average Bonchev–Trinajstić information content (AvgIpc) is 2.06. The van der Waals surface area contributed by atoms with E-state index < -0.39 is 0 Å². The van der Waals surface area contributed by atoms with Crippen LogP contribution in [-0.2, 0) is 26.5 Å². The summed E-state index contributed by atoms with van der Waals surface area (Å²) >= 11 is 0. The van der Waals surface area contributed by atoms with Crippen LogP contribution in [0.1, 0.15) is 17.3 Å². The Labute approximate surface area is 91.6 Å². The van der Waals surface area contributed by atoms with Crippen molar-refractivity contribution in [2.45, 2.75) is 6.92 Å². The molecular weight excluding hydrogens is 204 g/mol. The first-order chi connectivity index (χ1) is 5.74. The molecule has 68 valence electrons. The second kappa shape index (κ2) is 5.78. The van der Waals surface area contributed by atoms with Crippen LogP contribution in [0.4, 0.5) is 0 Å². The van der Waals surface area contributed by atoms with Crippen molar-refractivity contribution in [3.63, 3.8) is 0 Å². The molecule has 1 rings (SSSR count). The molecule has 0 aliphatic carbocycles. The molecule has 4 heteroatoms. The minimum atomic E-state index is -0.363.